The van der Waals surface area contributed by atoms with Crippen molar-refractivity contribution >= 4 is 5.91 Å². The molecule has 0 atom stereocenters. The van der Waals surface area contributed by atoms with Gasteiger partial charge in [0.2, 0.25) is 5.91 Å². The first-order chi connectivity index (χ1) is 7.89. The quantitative estimate of drug-likeness (QED) is 0.635. The van der Waals surface area contributed by atoms with Crippen LogP contribution in [0, 0.1) is 5.41 Å². The Morgan fingerprint density at radius 3 is 2.65 bits per heavy atom. The highest BCUT2D eigenvalue weighted by Crippen LogP contribution is 2.24. The zero-order valence-corrected chi connectivity index (χ0v) is 11.3. The molecule has 0 aliphatic carbocycles. The van der Waals surface area contributed by atoms with Crippen molar-refractivity contribution in [3.8, 4) is 0 Å². The molecule has 0 unspecified atom stereocenters. The predicted octanol–water partition coefficient (Wildman–Crippen LogP) is 3.72. The van der Waals surface area contributed by atoms with Crippen molar-refractivity contribution < 1.29 is 4.79 Å². The summed E-state index contributed by atoms with van der Waals surface area (Å²) in [5.41, 5.74) is 2.39. The van der Waals surface area contributed by atoms with Gasteiger partial charge < -0.3 is 5.32 Å². The first-order valence-electron chi connectivity index (χ1n) is 6.22. The van der Waals surface area contributed by atoms with Gasteiger partial charge in [0.1, 0.15) is 0 Å². The Morgan fingerprint density at radius 2 is 1.94 bits per heavy atom. The molecule has 0 bridgehead atoms. The van der Waals surface area contributed by atoms with Crippen LogP contribution in [0.15, 0.2) is 35.6 Å². The fourth-order valence-electron chi connectivity index (χ4n) is 1.71. The molecule has 0 spiro atoms. The van der Waals surface area contributed by atoms with Crippen LogP contribution in [0.25, 0.3) is 0 Å². The summed E-state index contributed by atoms with van der Waals surface area (Å²) in [6.07, 6.45) is 11.0. The van der Waals surface area contributed by atoms with Gasteiger partial charge in [0, 0.05) is 5.70 Å². The van der Waals surface area contributed by atoms with E-state index in [0.29, 0.717) is 0 Å². The van der Waals surface area contributed by atoms with Gasteiger partial charge in [0.05, 0.1) is 0 Å². The summed E-state index contributed by atoms with van der Waals surface area (Å²) in [6.45, 7) is 8.40. The molecule has 1 aliphatic rings. The van der Waals surface area contributed by atoms with Crippen molar-refractivity contribution in [2.45, 2.75) is 47.0 Å². The maximum Gasteiger partial charge on any atom is 0.247 e. The van der Waals surface area contributed by atoms with Crippen LogP contribution in [-0.2, 0) is 4.79 Å². The van der Waals surface area contributed by atoms with Crippen LogP contribution in [0.2, 0.25) is 0 Å². The predicted molar refractivity (Wildman–Crippen MR) is 72.4 cm³/mol. The van der Waals surface area contributed by atoms with Gasteiger partial charge in [0.15, 0.2) is 0 Å². The Labute approximate surface area is 104 Å². The van der Waals surface area contributed by atoms with Gasteiger partial charge in [-0.05, 0) is 44.6 Å². The van der Waals surface area contributed by atoms with E-state index in [2.05, 4.69) is 38.2 Å². The highest BCUT2D eigenvalue weighted by atomic mass is 16.1. The smallest absolute Gasteiger partial charge is 0.247 e. The number of hydrogen-bond acceptors (Lipinski definition) is 1. The Hall–Kier alpha value is -1.31. The number of carbonyl (C=O) groups excluding carboxylic acids is 1. The monoisotopic (exact) mass is 233 g/mol. The lowest BCUT2D eigenvalue weighted by Gasteiger charge is -2.18. The average Bonchev–Trinajstić information content (AvgIpc) is 2.23. The van der Waals surface area contributed by atoms with Gasteiger partial charge in [-0.3, -0.25) is 4.79 Å². The fraction of sp³-hybridized carbons (Fsp3) is 0.533. The molecule has 1 heterocycles. The SMILES string of the molecule is C/C1=C\CC(C)(C)/C=C/C(=O)N/C(C)=C/CC1. The molecule has 0 aromatic rings. The molecule has 0 aromatic heterocycles. The summed E-state index contributed by atoms with van der Waals surface area (Å²) in [7, 11) is 0. The number of carbonyl (C=O) groups is 1. The van der Waals surface area contributed by atoms with E-state index in [4.69, 9.17) is 0 Å². The second-order valence-corrected chi connectivity index (χ2v) is 5.49. The second-order valence-electron chi connectivity index (χ2n) is 5.49. The second kappa shape index (κ2) is 5.85. The number of allylic oxidation sites excluding steroid dienone is 5. The fourth-order valence-corrected chi connectivity index (χ4v) is 1.71. The third-order valence-corrected chi connectivity index (χ3v) is 2.97. The van der Waals surface area contributed by atoms with Crippen molar-refractivity contribution in [1.29, 1.82) is 0 Å². The maximum absolute atomic E-state index is 11.6. The molecular weight excluding hydrogens is 210 g/mol. The molecule has 0 saturated heterocycles. The summed E-state index contributed by atoms with van der Waals surface area (Å²) < 4.78 is 0. The molecule has 94 valence electrons. The van der Waals surface area contributed by atoms with Crippen LogP contribution in [0.3, 0.4) is 0 Å². The van der Waals surface area contributed by atoms with Crippen molar-refractivity contribution in [3.05, 3.63) is 35.6 Å². The van der Waals surface area contributed by atoms with Crippen molar-refractivity contribution in [3.63, 3.8) is 0 Å². The van der Waals surface area contributed by atoms with E-state index >= 15 is 0 Å². The van der Waals surface area contributed by atoms with Crippen LogP contribution < -0.4 is 5.32 Å². The highest BCUT2D eigenvalue weighted by molar-refractivity contribution is 5.88. The Morgan fingerprint density at radius 1 is 1.24 bits per heavy atom. The molecule has 0 saturated carbocycles. The Kier molecular flexibility index (Phi) is 4.73. The number of hydrogen-bond donors (Lipinski definition) is 1. The molecular formula is C15H23NO. The standard InChI is InChI=1S/C15H23NO/c1-12-6-5-7-13(2)16-14(17)9-11-15(3,4)10-8-12/h7-9,11H,5-6,10H2,1-4H3,(H,16,17)/b11-9+,12-8+,13-7+. The lowest BCUT2D eigenvalue weighted by Crippen LogP contribution is -2.20. The van der Waals surface area contributed by atoms with Crippen LogP contribution in [0.5, 0.6) is 0 Å². The molecule has 0 fully saturated rings. The van der Waals surface area contributed by atoms with E-state index in [-0.39, 0.29) is 11.3 Å². The Balaban J connectivity index is 2.88. The summed E-state index contributed by atoms with van der Waals surface area (Å²) in [6, 6.07) is 0. The minimum Gasteiger partial charge on any atom is -0.327 e. The molecule has 2 nitrogen and oxygen atoms in total. The van der Waals surface area contributed by atoms with Crippen LogP contribution in [0.1, 0.15) is 47.0 Å². The highest BCUT2D eigenvalue weighted by Gasteiger charge is 2.13. The topological polar surface area (TPSA) is 29.1 Å². The third kappa shape index (κ3) is 5.53. The van der Waals surface area contributed by atoms with E-state index < -0.39 is 0 Å². The molecule has 1 rings (SSSR count). The molecule has 0 radical (unpaired) electrons. The lowest BCUT2D eigenvalue weighted by atomic mass is 9.87. The molecule has 2 heteroatoms. The van der Waals surface area contributed by atoms with Gasteiger partial charge in [-0.15, -0.1) is 0 Å². The zero-order chi connectivity index (χ0) is 12.9. The van der Waals surface area contributed by atoms with Crippen molar-refractivity contribution in [1.82, 2.24) is 5.32 Å². The lowest BCUT2D eigenvalue weighted by molar-refractivity contribution is -0.115. The zero-order valence-electron chi connectivity index (χ0n) is 11.3. The van der Waals surface area contributed by atoms with E-state index in [1.54, 1.807) is 6.08 Å². The van der Waals surface area contributed by atoms with Crippen LogP contribution in [-0.4, -0.2) is 5.91 Å². The van der Waals surface area contributed by atoms with E-state index in [0.717, 1.165) is 25.0 Å². The minimum absolute atomic E-state index is 0.0342. The van der Waals surface area contributed by atoms with Crippen molar-refractivity contribution in [2.24, 2.45) is 5.41 Å². The first-order valence-corrected chi connectivity index (χ1v) is 6.22. The van der Waals surface area contributed by atoms with Gasteiger partial charge >= 0.3 is 0 Å². The van der Waals surface area contributed by atoms with Gasteiger partial charge in [-0.2, -0.15) is 0 Å². The van der Waals surface area contributed by atoms with Gasteiger partial charge in [-0.1, -0.05) is 37.6 Å². The Bertz CT molecular complexity index is 372. The van der Waals surface area contributed by atoms with Crippen LogP contribution >= 0.6 is 0 Å². The largest absolute Gasteiger partial charge is 0.327 e. The summed E-state index contributed by atoms with van der Waals surface area (Å²) in [5, 5.41) is 2.87. The number of rotatable bonds is 0. The molecule has 1 N–H and O–H groups in total. The van der Waals surface area contributed by atoms with Crippen LogP contribution in [0.4, 0.5) is 0 Å². The number of nitrogens with one attached hydrogen (secondary N) is 1. The molecule has 17 heavy (non-hydrogen) atoms. The average molecular weight is 233 g/mol. The molecule has 1 aliphatic heterocycles. The summed E-state index contributed by atoms with van der Waals surface area (Å²) >= 11 is 0. The molecule has 0 aromatic carbocycles. The third-order valence-electron chi connectivity index (χ3n) is 2.97. The van der Waals surface area contributed by atoms with E-state index in [9.17, 15) is 4.79 Å². The first kappa shape index (κ1) is 13.8. The van der Waals surface area contributed by atoms with Gasteiger partial charge in [-0.25, -0.2) is 0 Å². The maximum atomic E-state index is 11.6. The van der Waals surface area contributed by atoms with Crippen molar-refractivity contribution in [2.75, 3.05) is 0 Å². The minimum atomic E-state index is -0.0342. The number of amides is 1. The summed E-state index contributed by atoms with van der Waals surface area (Å²) in [4.78, 5) is 11.6. The van der Waals surface area contributed by atoms with E-state index in [1.165, 1.54) is 5.57 Å². The normalized spacial score (nSPS) is 29.8. The molecule has 1 amide bonds. The summed E-state index contributed by atoms with van der Waals surface area (Å²) in [5.74, 6) is -0.0342. The van der Waals surface area contributed by atoms with Gasteiger partial charge in [0.25, 0.3) is 0 Å². The van der Waals surface area contributed by atoms with E-state index in [1.807, 2.05) is 13.0 Å².